The maximum atomic E-state index is 5.35. The molecular weight excluding hydrogens is 370 g/mol. The van der Waals surface area contributed by atoms with Crippen molar-refractivity contribution in [1.82, 2.24) is 20.7 Å². The molecule has 1 atom stereocenters. The number of rotatable bonds is 8. The average molecular weight is 404 g/mol. The molecule has 1 fully saturated rings. The molecule has 3 rings (SSSR count). The number of nitrogens with one attached hydrogen (secondary N) is 2. The van der Waals surface area contributed by atoms with Gasteiger partial charge in [-0.05, 0) is 56.6 Å². The van der Waals surface area contributed by atoms with Crippen LogP contribution in [0.3, 0.4) is 0 Å². The zero-order valence-corrected chi connectivity index (χ0v) is 18.1. The first-order valence-corrected chi connectivity index (χ1v) is 11.3. The highest BCUT2D eigenvalue weighted by Gasteiger charge is 2.25. The van der Waals surface area contributed by atoms with E-state index in [1.807, 2.05) is 17.4 Å². The van der Waals surface area contributed by atoms with Gasteiger partial charge < -0.3 is 15.2 Å². The van der Waals surface area contributed by atoms with Crippen molar-refractivity contribution in [3.63, 3.8) is 0 Å². The van der Waals surface area contributed by atoms with E-state index in [0.717, 1.165) is 55.9 Å². The molecule has 2 N–H and O–H groups in total. The van der Waals surface area contributed by atoms with Gasteiger partial charge in [-0.3, -0.25) is 4.90 Å². The predicted molar refractivity (Wildman–Crippen MR) is 116 cm³/mol. The Bertz CT molecular complexity index is 719. The van der Waals surface area contributed by atoms with Crippen molar-refractivity contribution < 1.29 is 4.52 Å². The largest absolute Gasteiger partial charge is 0.359 e. The van der Waals surface area contributed by atoms with Crippen LogP contribution >= 0.6 is 11.3 Å². The van der Waals surface area contributed by atoms with Crippen molar-refractivity contribution in [2.75, 3.05) is 26.2 Å². The van der Waals surface area contributed by atoms with E-state index in [4.69, 9.17) is 4.52 Å². The number of likely N-dealkylation sites (tertiary alicyclic amines) is 1. The van der Waals surface area contributed by atoms with Crippen molar-refractivity contribution in [3.8, 4) is 0 Å². The molecule has 0 aromatic carbocycles. The van der Waals surface area contributed by atoms with Crippen molar-refractivity contribution in [2.45, 2.75) is 52.6 Å². The zero-order chi connectivity index (χ0) is 19.8. The molecule has 6 nitrogen and oxygen atoms in total. The van der Waals surface area contributed by atoms with Gasteiger partial charge in [0.1, 0.15) is 6.54 Å². The van der Waals surface area contributed by atoms with Crippen LogP contribution in [0.5, 0.6) is 0 Å². The fraction of sp³-hybridized carbons (Fsp3) is 0.619. The lowest BCUT2D eigenvalue weighted by Gasteiger charge is -2.36. The van der Waals surface area contributed by atoms with Crippen molar-refractivity contribution >= 4 is 17.3 Å². The molecule has 1 aliphatic rings. The van der Waals surface area contributed by atoms with E-state index < -0.39 is 0 Å². The van der Waals surface area contributed by atoms with E-state index >= 15 is 0 Å². The van der Waals surface area contributed by atoms with Gasteiger partial charge in [-0.25, -0.2) is 4.99 Å². The summed E-state index contributed by atoms with van der Waals surface area (Å²) in [4.78, 5) is 8.72. The van der Waals surface area contributed by atoms with Gasteiger partial charge in [0.15, 0.2) is 11.7 Å². The fourth-order valence-electron chi connectivity index (χ4n) is 3.52. The van der Waals surface area contributed by atoms with Crippen LogP contribution in [0, 0.1) is 5.92 Å². The Morgan fingerprint density at radius 2 is 2.18 bits per heavy atom. The summed E-state index contributed by atoms with van der Waals surface area (Å²) < 4.78 is 5.35. The SMILES string of the molecule is CCNC(=NCc1cc(CC)no1)NCC(c1cccs1)N1CCC(C)CC1. The molecule has 1 aliphatic heterocycles. The third kappa shape index (κ3) is 5.82. The number of aryl methyl sites for hydroxylation is 1. The van der Waals surface area contributed by atoms with Crippen LogP contribution in [-0.2, 0) is 13.0 Å². The summed E-state index contributed by atoms with van der Waals surface area (Å²) in [6.07, 6.45) is 3.44. The predicted octanol–water partition coefficient (Wildman–Crippen LogP) is 3.83. The van der Waals surface area contributed by atoms with Gasteiger partial charge in [-0.1, -0.05) is 25.1 Å². The zero-order valence-electron chi connectivity index (χ0n) is 17.3. The number of nitrogens with zero attached hydrogens (tertiary/aromatic N) is 3. The number of aliphatic imine (C=N–C) groups is 1. The third-order valence-corrected chi connectivity index (χ3v) is 6.27. The molecule has 1 unspecified atom stereocenters. The number of hydrogen-bond acceptors (Lipinski definition) is 5. The molecule has 2 aromatic heterocycles. The average Bonchev–Trinajstić information content (AvgIpc) is 3.39. The summed E-state index contributed by atoms with van der Waals surface area (Å²) in [6.45, 7) is 11.0. The minimum atomic E-state index is 0.383. The summed E-state index contributed by atoms with van der Waals surface area (Å²) in [5.74, 6) is 2.46. The number of hydrogen-bond donors (Lipinski definition) is 2. The topological polar surface area (TPSA) is 65.7 Å². The molecule has 0 radical (unpaired) electrons. The Morgan fingerprint density at radius 3 is 2.82 bits per heavy atom. The molecular formula is C21H33N5OS. The lowest BCUT2D eigenvalue weighted by Crippen LogP contribution is -2.45. The van der Waals surface area contributed by atoms with Gasteiger partial charge in [-0.15, -0.1) is 11.3 Å². The molecule has 0 bridgehead atoms. The molecule has 1 saturated heterocycles. The van der Waals surface area contributed by atoms with Crippen LogP contribution in [-0.4, -0.2) is 42.2 Å². The summed E-state index contributed by atoms with van der Waals surface area (Å²) in [6, 6.07) is 6.76. The molecule has 154 valence electrons. The van der Waals surface area contributed by atoms with E-state index in [9.17, 15) is 0 Å². The van der Waals surface area contributed by atoms with Crippen LogP contribution < -0.4 is 10.6 Å². The van der Waals surface area contributed by atoms with Crippen LogP contribution in [0.4, 0.5) is 0 Å². The monoisotopic (exact) mass is 403 g/mol. The first-order valence-electron chi connectivity index (χ1n) is 10.4. The Morgan fingerprint density at radius 1 is 1.36 bits per heavy atom. The number of thiophene rings is 1. The van der Waals surface area contributed by atoms with Crippen LogP contribution in [0.2, 0.25) is 0 Å². The van der Waals surface area contributed by atoms with Gasteiger partial charge >= 0.3 is 0 Å². The molecule has 0 spiro atoms. The molecule has 2 aromatic rings. The molecule has 0 amide bonds. The standard InChI is InChI=1S/C21H33N5OS/c1-4-17-13-18(27-25-17)14-23-21(22-5-2)24-15-19(20-7-6-12-28-20)26-10-8-16(3)9-11-26/h6-7,12-13,16,19H,4-5,8-11,14-15H2,1-3H3,(H2,22,23,24). The molecule has 7 heteroatoms. The normalized spacial score (nSPS) is 17.6. The van der Waals surface area contributed by atoms with E-state index in [1.54, 1.807) is 0 Å². The molecule has 0 saturated carbocycles. The van der Waals surface area contributed by atoms with E-state index in [2.05, 4.69) is 64.0 Å². The molecule has 28 heavy (non-hydrogen) atoms. The van der Waals surface area contributed by atoms with Crippen molar-refractivity contribution in [1.29, 1.82) is 0 Å². The van der Waals surface area contributed by atoms with Crippen LogP contribution in [0.1, 0.15) is 56.0 Å². The van der Waals surface area contributed by atoms with E-state index in [-0.39, 0.29) is 0 Å². The summed E-state index contributed by atoms with van der Waals surface area (Å²) >= 11 is 1.84. The van der Waals surface area contributed by atoms with E-state index in [1.165, 1.54) is 17.7 Å². The first kappa shape index (κ1) is 20.9. The fourth-order valence-corrected chi connectivity index (χ4v) is 4.38. The summed E-state index contributed by atoms with van der Waals surface area (Å²) in [7, 11) is 0. The van der Waals surface area contributed by atoms with Crippen LogP contribution in [0.15, 0.2) is 33.1 Å². The van der Waals surface area contributed by atoms with E-state index in [0.29, 0.717) is 12.6 Å². The highest BCUT2D eigenvalue weighted by atomic mass is 32.1. The van der Waals surface area contributed by atoms with Gasteiger partial charge in [0, 0.05) is 24.0 Å². The second kappa shape index (κ2) is 10.6. The smallest absolute Gasteiger partial charge is 0.191 e. The minimum absolute atomic E-state index is 0.383. The quantitative estimate of drug-likeness (QED) is 0.518. The Balaban J connectivity index is 1.63. The lowest BCUT2D eigenvalue weighted by molar-refractivity contribution is 0.140. The Kier molecular flexibility index (Phi) is 7.91. The van der Waals surface area contributed by atoms with Crippen molar-refractivity contribution in [2.24, 2.45) is 10.9 Å². The second-order valence-corrected chi connectivity index (χ2v) is 8.44. The maximum absolute atomic E-state index is 5.35. The Hall–Kier alpha value is -1.86. The van der Waals surface area contributed by atoms with Gasteiger partial charge in [0.05, 0.1) is 11.7 Å². The van der Waals surface area contributed by atoms with Gasteiger partial charge in [-0.2, -0.15) is 0 Å². The van der Waals surface area contributed by atoms with Crippen molar-refractivity contribution in [3.05, 3.63) is 39.9 Å². The van der Waals surface area contributed by atoms with Gasteiger partial charge in [0.2, 0.25) is 0 Å². The first-order chi connectivity index (χ1) is 13.7. The summed E-state index contributed by atoms with van der Waals surface area (Å²) in [5, 5.41) is 13.1. The highest BCUT2D eigenvalue weighted by molar-refractivity contribution is 7.10. The second-order valence-electron chi connectivity index (χ2n) is 7.46. The summed E-state index contributed by atoms with van der Waals surface area (Å²) in [5.41, 5.74) is 0.972. The molecule has 3 heterocycles. The maximum Gasteiger partial charge on any atom is 0.191 e. The van der Waals surface area contributed by atoms with Gasteiger partial charge in [0.25, 0.3) is 0 Å². The lowest BCUT2D eigenvalue weighted by atomic mass is 9.97. The number of piperidine rings is 1. The van der Waals surface area contributed by atoms with Crippen LogP contribution in [0.25, 0.3) is 0 Å². The molecule has 0 aliphatic carbocycles. The Labute approximate surface area is 172 Å². The third-order valence-electron chi connectivity index (χ3n) is 5.30. The number of aromatic nitrogens is 1. The number of guanidine groups is 1. The minimum Gasteiger partial charge on any atom is -0.359 e. The highest BCUT2D eigenvalue weighted by Crippen LogP contribution is 2.29.